The molecule has 0 spiro atoms. The molecule has 0 fully saturated rings. The number of ether oxygens (including phenoxy) is 1. The number of aromatic nitrogens is 5. The van der Waals surface area contributed by atoms with Crippen LogP contribution in [0.2, 0.25) is 0 Å². The molecule has 0 saturated carbocycles. The molecule has 0 bridgehead atoms. The van der Waals surface area contributed by atoms with Crippen LogP contribution in [0.1, 0.15) is 18.1 Å². The second kappa shape index (κ2) is 6.49. The molecule has 7 heteroatoms. The Morgan fingerprint density at radius 2 is 2.21 bits per heavy atom. The van der Waals surface area contributed by atoms with Crippen molar-refractivity contribution in [2.45, 2.75) is 13.5 Å². The number of hydrogen-bond donors (Lipinski definition) is 0. The van der Waals surface area contributed by atoms with E-state index < -0.39 is 0 Å². The van der Waals surface area contributed by atoms with Gasteiger partial charge in [-0.15, -0.1) is 0 Å². The highest BCUT2D eigenvalue weighted by Crippen LogP contribution is 2.22. The Morgan fingerprint density at radius 1 is 1.38 bits per heavy atom. The maximum absolute atomic E-state index is 12.2. The average Bonchev–Trinajstić information content (AvgIpc) is 2.93. The van der Waals surface area contributed by atoms with E-state index in [1.807, 2.05) is 6.92 Å². The van der Waals surface area contributed by atoms with Gasteiger partial charge in [0.15, 0.2) is 0 Å². The van der Waals surface area contributed by atoms with Crippen LogP contribution in [-0.2, 0) is 13.7 Å². The highest BCUT2D eigenvalue weighted by molar-refractivity contribution is 5.56. The van der Waals surface area contributed by atoms with E-state index >= 15 is 0 Å². The van der Waals surface area contributed by atoms with Crippen molar-refractivity contribution >= 4 is 6.08 Å². The monoisotopic (exact) mass is 325 g/mol. The van der Waals surface area contributed by atoms with Gasteiger partial charge in [0.05, 0.1) is 13.3 Å². The molecule has 0 aliphatic heterocycles. The van der Waals surface area contributed by atoms with E-state index in [0.717, 1.165) is 21.4 Å². The minimum Gasteiger partial charge on any atom is -0.489 e. The second-order valence-corrected chi connectivity index (χ2v) is 5.21. The highest BCUT2D eigenvalue weighted by atomic mass is 16.5. The molecule has 122 valence electrons. The number of nitrogens with zero attached hydrogens (tertiary/aromatic N) is 5. The normalized spacial score (nSPS) is 11.2. The number of hydrogen-bond acceptors (Lipinski definition) is 5. The lowest BCUT2D eigenvalue weighted by Gasteiger charge is -2.13. The highest BCUT2D eigenvalue weighted by Gasteiger charge is 2.15. The molecule has 3 aromatic rings. The molecule has 0 atom stereocenters. The van der Waals surface area contributed by atoms with Crippen molar-refractivity contribution < 1.29 is 6.11 Å². The third kappa shape index (κ3) is 2.83. The Balaban J connectivity index is 2.01. The third-order valence-corrected chi connectivity index (χ3v) is 3.63. The zero-order valence-electron chi connectivity index (χ0n) is 14.4. The number of para-hydroxylation sites is 1. The summed E-state index contributed by atoms with van der Waals surface area (Å²) in [6.07, 6.45) is 4.84. The first-order chi connectivity index (χ1) is 12.0. The van der Waals surface area contributed by atoms with E-state index in [9.17, 15) is 4.79 Å². The number of pyridine rings is 1. The second-order valence-electron chi connectivity index (χ2n) is 5.21. The quantitative estimate of drug-likeness (QED) is 0.716. The third-order valence-electron chi connectivity index (χ3n) is 3.63. The molecule has 0 saturated heterocycles. The first-order valence-corrected chi connectivity index (χ1v) is 7.30. The Bertz CT molecular complexity index is 993. The van der Waals surface area contributed by atoms with Crippen molar-refractivity contribution in [2.24, 2.45) is 7.05 Å². The van der Waals surface area contributed by atoms with Gasteiger partial charge in [0.2, 0.25) is 0 Å². The number of aryl methyl sites for hydroxylation is 2. The van der Waals surface area contributed by atoms with Crippen LogP contribution in [0.5, 0.6) is 5.75 Å². The summed E-state index contributed by atoms with van der Waals surface area (Å²) in [5.74, 6) is 0.667. The van der Waals surface area contributed by atoms with Crippen molar-refractivity contribution in [1.82, 2.24) is 24.8 Å². The molecule has 0 N–H and O–H groups in total. The first kappa shape index (κ1) is 14.4. The summed E-state index contributed by atoms with van der Waals surface area (Å²) < 4.78 is 15.9. The van der Waals surface area contributed by atoms with Crippen molar-refractivity contribution in [3.05, 3.63) is 70.4 Å². The van der Waals surface area contributed by atoms with Gasteiger partial charge in [-0.2, -0.15) is 9.36 Å². The summed E-state index contributed by atoms with van der Waals surface area (Å²) in [7, 11) is 1.53. The van der Waals surface area contributed by atoms with E-state index in [1.54, 1.807) is 36.7 Å². The summed E-state index contributed by atoms with van der Waals surface area (Å²) in [6, 6.07) is 5.56. The first-order valence-electron chi connectivity index (χ1n) is 7.80. The molecule has 2 heterocycles. The molecular weight excluding hydrogens is 306 g/mol. The predicted octanol–water partition coefficient (Wildman–Crippen LogP) is 1.89. The number of tetrazole rings is 1. The van der Waals surface area contributed by atoms with Crippen LogP contribution in [0.25, 0.3) is 11.8 Å². The standard InChI is InChI=1S/C17H17N5O2/c1-4-13-9-18-10-15(22-17(23)21(3)19-20-22)14(13)11-24-16-8-6-5-7-12(16)2/h4-10H,1,11H2,2-3H3/i5T. The van der Waals surface area contributed by atoms with Crippen LogP contribution in [0.15, 0.2) is 48.0 Å². The van der Waals surface area contributed by atoms with Gasteiger partial charge < -0.3 is 4.74 Å². The molecular formula is C17H17N5O2. The smallest absolute Gasteiger partial charge is 0.368 e. The summed E-state index contributed by atoms with van der Waals surface area (Å²) in [6.45, 7) is 5.86. The summed E-state index contributed by atoms with van der Waals surface area (Å²) in [5.41, 5.74) is 2.44. The van der Waals surface area contributed by atoms with E-state index in [-0.39, 0.29) is 12.3 Å². The van der Waals surface area contributed by atoms with Crippen molar-refractivity contribution in [3.8, 4) is 11.4 Å². The zero-order chi connectivity index (χ0) is 18.0. The Hall–Kier alpha value is -3.22. The van der Waals surface area contributed by atoms with Crippen LogP contribution in [0.3, 0.4) is 0 Å². The Kier molecular flexibility index (Phi) is 3.89. The molecule has 3 rings (SSSR count). The van der Waals surface area contributed by atoms with Crippen molar-refractivity contribution in [2.75, 3.05) is 0 Å². The lowest BCUT2D eigenvalue weighted by molar-refractivity contribution is 0.303. The van der Waals surface area contributed by atoms with Crippen LogP contribution in [0, 0.1) is 6.92 Å². The van der Waals surface area contributed by atoms with Gasteiger partial charge in [0.25, 0.3) is 0 Å². The molecule has 1 aromatic carbocycles. The lowest BCUT2D eigenvalue weighted by atomic mass is 10.1. The molecule has 0 amide bonds. The van der Waals surface area contributed by atoms with Gasteiger partial charge >= 0.3 is 5.69 Å². The summed E-state index contributed by atoms with van der Waals surface area (Å²) >= 11 is 0. The van der Waals surface area contributed by atoms with Crippen LogP contribution in [0.4, 0.5) is 0 Å². The van der Waals surface area contributed by atoms with Gasteiger partial charge in [-0.05, 0) is 29.0 Å². The molecule has 0 aliphatic rings. The van der Waals surface area contributed by atoms with Crippen LogP contribution < -0.4 is 10.4 Å². The molecule has 0 radical (unpaired) electrons. The van der Waals surface area contributed by atoms with Crippen LogP contribution >= 0.6 is 0 Å². The van der Waals surface area contributed by atoms with E-state index in [4.69, 9.17) is 6.11 Å². The number of rotatable bonds is 5. The van der Waals surface area contributed by atoms with Crippen molar-refractivity contribution in [3.63, 3.8) is 0 Å². The van der Waals surface area contributed by atoms with Gasteiger partial charge in [-0.25, -0.2) is 4.79 Å². The largest absolute Gasteiger partial charge is 0.489 e. The predicted molar refractivity (Wildman–Crippen MR) is 90.0 cm³/mol. The Morgan fingerprint density at radius 3 is 2.88 bits per heavy atom. The molecule has 0 aliphatic carbocycles. The molecule has 24 heavy (non-hydrogen) atoms. The fraction of sp³-hybridized carbons (Fsp3) is 0.176. The average molecular weight is 325 g/mol. The van der Waals surface area contributed by atoms with Gasteiger partial charge in [-0.1, -0.05) is 30.8 Å². The molecule has 0 unspecified atom stereocenters. The summed E-state index contributed by atoms with van der Waals surface area (Å²) in [4.78, 5) is 16.3. The van der Waals surface area contributed by atoms with E-state index in [1.165, 1.54) is 11.7 Å². The minimum atomic E-state index is -0.376. The van der Waals surface area contributed by atoms with Crippen molar-refractivity contribution in [1.29, 1.82) is 0 Å². The van der Waals surface area contributed by atoms with Gasteiger partial charge in [0.1, 0.15) is 12.4 Å². The molecule has 7 nitrogen and oxygen atoms in total. The van der Waals surface area contributed by atoms with Gasteiger partial charge in [-0.3, -0.25) is 4.98 Å². The van der Waals surface area contributed by atoms with E-state index in [0.29, 0.717) is 17.5 Å². The summed E-state index contributed by atoms with van der Waals surface area (Å²) in [5, 5.41) is 7.60. The van der Waals surface area contributed by atoms with Crippen LogP contribution in [-0.4, -0.2) is 24.8 Å². The zero-order valence-corrected chi connectivity index (χ0v) is 13.4. The van der Waals surface area contributed by atoms with Gasteiger partial charge in [0, 0.05) is 24.4 Å². The maximum atomic E-state index is 12.2. The Labute approximate surface area is 140 Å². The molecule has 2 aromatic heterocycles. The topological polar surface area (TPSA) is 74.8 Å². The number of benzene rings is 1. The fourth-order valence-electron chi connectivity index (χ4n) is 2.28. The maximum Gasteiger partial charge on any atom is 0.368 e. The fourth-order valence-corrected chi connectivity index (χ4v) is 2.28. The SMILES string of the molecule is [3H]c1ccc(OCc2c(C=C)cncc2-n2nnn(C)c2=O)c(C)c1. The minimum absolute atomic E-state index is 0.195. The lowest BCUT2D eigenvalue weighted by Crippen LogP contribution is -2.23. The van der Waals surface area contributed by atoms with E-state index in [2.05, 4.69) is 22.0 Å².